The van der Waals surface area contributed by atoms with Crippen LogP contribution in [0.15, 0.2) is 36.4 Å². The fraction of sp³-hybridized carbons (Fsp3) is 0.458. The number of nitrogens with one attached hydrogen (secondary N) is 1. The van der Waals surface area contributed by atoms with Crippen LogP contribution >= 0.6 is 23.2 Å². The smallest absolute Gasteiger partial charge is 0.322 e. The lowest BCUT2D eigenvalue weighted by molar-refractivity contribution is -0.140. The first kappa shape index (κ1) is 26.0. The van der Waals surface area contributed by atoms with Crippen molar-refractivity contribution in [1.29, 1.82) is 0 Å². The van der Waals surface area contributed by atoms with E-state index in [0.717, 1.165) is 30.8 Å². The van der Waals surface area contributed by atoms with Gasteiger partial charge in [0.05, 0.1) is 15.6 Å². The maximum absolute atomic E-state index is 14.1. The van der Waals surface area contributed by atoms with Gasteiger partial charge in [-0.3, -0.25) is 4.90 Å². The fourth-order valence-electron chi connectivity index (χ4n) is 4.81. The molecule has 11 heteroatoms. The van der Waals surface area contributed by atoms with Crippen LogP contribution in [0.2, 0.25) is 10.0 Å². The number of likely N-dealkylation sites (N-methyl/N-ethyl adjacent to an activating group) is 1. The lowest BCUT2D eigenvalue weighted by Crippen LogP contribution is -2.51. The van der Waals surface area contributed by atoms with Crippen molar-refractivity contribution in [3.8, 4) is 0 Å². The number of amides is 2. The van der Waals surface area contributed by atoms with Crippen LogP contribution in [0.4, 0.5) is 22.4 Å². The topological polar surface area (TPSA) is 38.8 Å². The van der Waals surface area contributed by atoms with E-state index in [0.29, 0.717) is 41.8 Å². The number of hydrogen-bond donors (Lipinski definition) is 1. The Morgan fingerprint density at radius 1 is 1.06 bits per heavy atom. The molecule has 2 aliphatic heterocycles. The third-order valence-electron chi connectivity index (χ3n) is 6.66. The van der Waals surface area contributed by atoms with Gasteiger partial charge in [-0.2, -0.15) is 13.2 Å². The molecule has 0 radical (unpaired) electrons. The Hall–Kier alpha value is -2.07. The lowest BCUT2D eigenvalue weighted by atomic mass is 9.93. The molecule has 0 bridgehead atoms. The van der Waals surface area contributed by atoms with Gasteiger partial charge >= 0.3 is 12.2 Å². The van der Waals surface area contributed by atoms with Gasteiger partial charge in [0, 0.05) is 57.8 Å². The van der Waals surface area contributed by atoms with E-state index in [9.17, 15) is 22.4 Å². The molecule has 0 aliphatic carbocycles. The van der Waals surface area contributed by atoms with Crippen molar-refractivity contribution in [1.82, 2.24) is 20.0 Å². The predicted octanol–water partition coefficient (Wildman–Crippen LogP) is 5.08. The first-order valence-electron chi connectivity index (χ1n) is 11.3. The van der Waals surface area contributed by atoms with Crippen LogP contribution in [-0.4, -0.2) is 73.1 Å². The Labute approximate surface area is 211 Å². The SMILES string of the molecule is CN(Cc1ccc(C(F)(F)F)c(F)c1)C1CN(C(=O)N2CCNCC2)CC1c1ccc(Cl)c(Cl)c1. The lowest BCUT2D eigenvalue weighted by Gasteiger charge is -2.32. The summed E-state index contributed by atoms with van der Waals surface area (Å²) in [4.78, 5) is 18.8. The van der Waals surface area contributed by atoms with Gasteiger partial charge in [-0.25, -0.2) is 9.18 Å². The number of halogens is 6. The molecule has 2 aromatic rings. The highest BCUT2D eigenvalue weighted by molar-refractivity contribution is 6.42. The van der Waals surface area contributed by atoms with Crippen LogP contribution in [-0.2, 0) is 12.7 Å². The molecule has 2 aliphatic rings. The molecule has 2 unspecified atom stereocenters. The molecule has 1 N–H and O–H groups in total. The van der Waals surface area contributed by atoms with Gasteiger partial charge in [-0.05, 0) is 42.4 Å². The Bertz CT molecular complexity index is 1080. The van der Waals surface area contributed by atoms with Crippen molar-refractivity contribution in [2.45, 2.75) is 24.7 Å². The quantitative estimate of drug-likeness (QED) is 0.558. The van der Waals surface area contributed by atoms with Crippen LogP contribution in [0.1, 0.15) is 22.6 Å². The molecule has 0 aromatic heterocycles. The van der Waals surface area contributed by atoms with Crippen LogP contribution in [0.3, 0.4) is 0 Å². The number of carbonyl (C=O) groups excluding carboxylic acids is 1. The Morgan fingerprint density at radius 3 is 2.40 bits per heavy atom. The average Bonchev–Trinajstić information content (AvgIpc) is 3.26. The Kier molecular flexibility index (Phi) is 7.80. The van der Waals surface area contributed by atoms with Gasteiger partial charge in [0.1, 0.15) is 5.82 Å². The summed E-state index contributed by atoms with van der Waals surface area (Å²) in [5.74, 6) is -1.41. The van der Waals surface area contributed by atoms with E-state index in [1.165, 1.54) is 6.07 Å². The van der Waals surface area contributed by atoms with Crippen molar-refractivity contribution in [2.24, 2.45) is 0 Å². The van der Waals surface area contributed by atoms with Gasteiger partial charge < -0.3 is 15.1 Å². The van der Waals surface area contributed by atoms with Crippen molar-refractivity contribution in [3.63, 3.8) is 0 Å². The maximum atomic E-state index is 14.1. The highest BCUT2D eigenvalue weighted by Crippen LogP contribution is 2.36. The van der Waals surface area contributed by atoms with Gasteiger partial charge in [0.25, 0.3) is 0 Å². The first-order chi connectivity index (χ1) is 16.5. The minimum atomic E-state index is -4.75. The van der Waals surface area contributed by atoms with E-state index in [4.69, 9.17) is 23.2 Å². The van der Waals surface area contributed by atoms with E-state index in [-0.39, 0.29) is 24.5 Å². The minimum Gasteiger partial charge on any atom is -0.322 e. The summed E-state index contributed by atoms with van der Waals surface area (Å²) in [6, 6.07) is 8.13. The molecule has 2 heterocycles. The van der Waals surface area contributed by atoms with E-state index >= 15 is 0 Å². The highest BCUT2D eigenvalue weighted by Gasteiger charge is 2.40. The molecule has 190 valence electrons. The van der Waals surface area contributed by atoms with Crippen molar-refractivity contribution in [3.05, 3.63) is 69.0 Å². The summed E-state index contributed by atoms with van der Waals surface area (Å²) in [6.07, 6.45) is -4.75. The second-order valence-corrected chi connectivity index (χ2v) is 9.81. The van der Waals surface area contributed by atoms with E-state index in [2.05, 4.69) is 5.32 Å². The van der Waals surface area contributed by atoms with Crippen molar-refractivity contribution < 1.29 is 22.4 Å². The zero-order valence-corrected chi connectivity index (χ0v) is 20.6. The molecule has 2 saturated heterocycles. The molecule has 5 nitrogen and oxygen atoms in total. The average molecular weight is 533 g/mol. The largest absolute Gasteiger partial charge is 0.419 e. The Balaban J connectivity index is 1.57. The van der Waals surface area contributed by atoms with Crippen LogP contribution in [0, 0.1) is 5.82 Å². The molecule has 0 spiro atoms. The fourth-order valence-corrected chi connectivity index (χ4v) is 5.11. The van der Waals surface area contributed by atoms with E-state index in [1.807, 2.05) is 22.9 Å². The number of likely N-dealkylation sites (tertiary alicyclic amines) is 1. The predicted molar refractivity (Wildman–Crippen MR) is 127 cm³/mol. The summed E-state index contributed by atoms with van der Waals surface area (Å²) in [5, 5.41) is 4.06. The zero-order chi connectivity index (χ0) is 25.3. The third kappa shape index (κ3) is 5.85. The molecular weight excluding hydrogens is 507 g/mol. The van der Waals surface area contributed by atoms with Crippen molar-refractivity contribution in [2.75, 3.05) is 46.3 Å². The third-order valence-corrected chi connectivity index (χ3v) is 7.39. The molecule has 2 atom stereocenters. The molecule has 2 aromatic carbocycles. The normalized spacial score (nSPS) is 21.1. The number of nitrogens with zero attached hydrogens (tertiary/aromatic N) is 3. The maximum Gasteiger partial charge on any atom is 0.419 e. The molecule has 4 rings (SSSR count). The summed E-state index contributed by atoms with van der Waals surface area (Å²) < 4.78 is 53.0. The van der Waals surface area contributed by atoms with Gasteiger partial charge in [0.15, 0.2) is 0 Å². The molecule has 0 saturated carbocycles. The molecule has 35 heavy (non-hydrogen) atoms. The van der Waals surface area contributed by atoms with E-state index < -0.39 is 17.6 Å². The van der Waals surface area contributed by atoms with E-state index in [1.54, 1.807) is 17.0 Å². The Morgan fingerprint density at radius 2 is 1.77 bits per heavy atom. The van der Waals surface area contributed by atoms with Gasteiger partial charge in [-0.1, -0.05) is 35.3 Å². The number of urea groups is 1. The first-order valence-corrected chi connectivity index (χ1v) is 12.1. The number of piperazine rings is 1. The van der Waals surface area contributed by atoms with Crippen LogP contribution in [0.5, 0.6) is 0 Å². The summed E-state index contributed by atoms with van der Waals surface area (Å²) >= 11 is 12.4. The number of hydrogen-bond acceptors (Lipinski definition) is 3. The van der Waals surface area contributed by atoms with Crippen LogP contribution < -0.4 is 5.32 Å². The number of rotatable bonds is 4. The molecule has 2 amide bonds. The molecule has 2 fully saturated rings. The van der Waals surface area contributed by atoms with Gasteiger partial charge in [0.2, 0.25) is 0 Å². The van der Waals surface area contributed by atoms with Crippen molar-refractivity contribution >= 4 is 29.2 Å². The van der Waals surface area contributed by atoms with Crippen LogP contribution in [0.25, 0.3) is 0 Å². The molecular formula is C24H26Cl2F4N4O. The van der Waals surface area contributed by atoms with Gasteiger partial charge in [-0.15, -0.1) is 0 Å². The zero-order valence-electron chi connectivity index (χ0n) is 19.1. The highest BCUT2D eigenvalue weighted by atomic mass is 35.5. The number of alkyl halides is 3. The number of carbonyl (C=O) groups is 1. The summed E-state index contributed by atoms with van der Waals surface area (Å²) in [5.41, 5.74) is 0.0366. The second kappa shape index (κ2) is 10.5. The minimum absolute atomic E-state index is 0.0481. The summed E-state index contributed by atoms with van der Waals surface area (Å²) in [6.45, 7) is 3.81. The monoisotopic (exact) mass is 532 g/mol. The number of benzene rings is 2. The second-order valence-electron chi connectivity index (χ2n) is 9.00. The standard InChI is InChI=1S/C24H26Cl2F4N4O/c1-32(12-15-2-4-18(21(27)10-15)24(28,29)30)22-14-34(23(35)33-8-6-31-7-9-33)13-17(22)16-3-5-19(25)20(26)11-16/h2-5,10-11,17,22,31H,6-9,12-14H2,1H3. The summed E-state index contributed by atoms with van der Waals surface area (Å²) in [7, 11) is 1.82.